The fourth-order valence-corrected chi connectivity index (χ4v) is 18.7. The molecule has 2 N–H and O–H groups in total. The summed E-state index contributed by atoms with van der Waals surface area (Å²) in [6, 6.07) is 110. The van der Waals surface area contributed by atoms with Gasteiger partial charge in [-0.05, 0) is 156 Å². The van der Waals surface area contributed by atoms with Gasteiger partial charge in [-0.3, -0.25) is 20.4 Å². The molecule has 2 unspecified atom stereocenters. The number of rotatable bonds is 24. The zero-order valence-corrected chi connectivity index (χ0v) is 85.0. The van der Waals surface area contributed by atoms with Gasteiger partial charge in [0.05, 0.1) is 119 Å². The van der Waals surface area contributed by atoms with E-state index in [1.807, 2.05) is 331 Å². The van der Waals surface area contributed by atoms with Gasteiger partial charge in [0.15, 0.2) is 0 Å². The molecule has 13 aromatic carbocycles. The maximum atomic E-state index is 16.6. The van der Waals surface area contributed by atoms with Crippen molar-refractivity contribution in [3.8, 4) is 74.7 Å². The number of carbonyl (C=O) groups is 1. The van der Waals surface area contributed by atoms with Crippen LogP contribution < -0.4 is 70.3 Å². The van der Waals surface area contributed by atoms with Crippen LogP contribution in [0.4, 0.5) is 4.79 Å². The van der Waals surface area contributed by atoms with E-state index in [0.29, 0.717) is 220 Å². The van der Waals surface area contributed by atoms with Crippen LogP contribution in [0.3, 0.4) is 0 Å². The van der Waals surface area contributed by atoms with E-state index in [-0.39, 0.29) is 78.2 Å². The Morgan fingerprint density at radius 1 is 0.255 bits per heavy atom. The summed E-state index contributed by atoms with van der Waals surface area (Å²) < 4.78 is 139. The van der Waals surface area contributed by atoms with Gasteiger partial charge in [-0.15, -0.1) is 0 Å². The van der Waals surface area contributed by atoms with Crippen LogP contribution in [0.5, 0.6) is 74.7 Å². The van der Waals surface area contributed by atoms with E-state index in [1.54, 1.807) is 0 Å². The summed E-state index contributed by atoms with van der Waals surface area (Å²) in [5.41, 5.74) is 7.20. The van der Waals surface area contributed by atoms with Crippen LogP contribution in [0, 0.1) is 6.65 Å². The fraction of sp³-hybridized carbons (Fsp3) is 0.286. The molecule has 2 amide bonds. The van der Waals surface area contributed by atoms with Crippen molar-refractivity contribution < 1.29 is 126 Å². The number of nitrogens with one attached hydrogen (secondary N) is 2. The number of para-hydroxylation sites is 7. The van der Waals surface area contributed by atoms with Gasteiger partial charge < -0.3 is 107 Å². The van der Waals surface area contributed by atoms with E-state index >= 15 is 4.79 Å². The van der Waals surface area contributed by atoms with Crippen molar-refractivity contribution in [2.75, 3.05) is 158 Å². The van der Waals surface area contributed by atoms with Crippen LogP contribution in [0.2, 0.25) is 0 Å². The molecule has 17 rings (SSSR count). The third kappa shape index (κ3) is 36.1. The molecule has 1 radical (unpaired) electrons. The van der Waals surface area contributed by atoms with Crippen molar-refractivity contribution in [3.63, 3.8) is 0 Å². The van der Waals surface area contributed by atoms with Gasteiger partial charge in [0.1, 0.15) is 114 Å². The SMILES string of the molecule is O=C1N2Cc3c4ccc(c3CNC2c2ccccc2)OCCOCCOCCN(Cc2ccc(OP(Oc3ccccc3)Oc3ccccc3)cc2)CCOCCOCCOc2ccc(c3c2CNC(c2ccccc2)N1C3)OCCOCCOCCN(Cc1ccc(OP(Oc2ccccc2)Oc2ccccc2)cc1)CCOCCOCCO4.[C-]#[O+].[Rh].c1ccc(OP(Oc2ccccc2)Oc2ccccc2)cc1. The zero-order chi connectivity index (χ0) is 98.7. The number of carbonyl (C=O) groups excluding carboxylic acids is 1. The summed E-state index contributed by atoms with van der Waals surface area (Å²) in [6.45, 7) is 16.0. The van der Waals surface area contributed by atoms with E-state index in [2.05, 4.69) is 51.3 Å². The molecular weight excluding hydrogens is 1990 g/mol. The van der Waals surface area contributed by atoms with Crippen molar-refractivity contribution in [1.29, 1.82) is 0 Å². The normalized spacial score (nSPS) is 16.7. The van der Waals surface area contributed by atoms with Gasteiger partial charge in [0, 0.05) is 94.1 Å². The summed E-state index contributed by atoms with van der Waals surface area (Å²) in [6.07, 6.45) is -1.25. The standard InChI is InChI=1S/C93H106N6O19P2.C18H15O3P.CO.Rh/c100-93-98-71-85-83(67-94-91(98)75-19-7-1-8-20-75)87-39-41-89(85)111-65-61-107-57-53-103-49-45-97(70-74-33-37-82(38-34-74)118-120(115-79-27-15-5-16-28-79)116-80-29-17-6-18-30-80)46-50-104-54-58-108-62-66-112-90-42-40-88(84-68-95-92(99(93)72-86(84)90)76-21-9-2-10-22-76)110-64-60-106-56-52-102-48-44-96(43-47-101-51-55-105-59-63-109-87)69-73-31-35-81(36-32-73)117-119(113-77-23-11-3-12-24-77)114-78-25-13-4-14-26-78;1-4-10-16(11-5-1)19-22(20-17-12-6-2-7-13-17)21-18-14-8-3-9-15-18;1-2;/h1-42,91-92,94-95H,43-72H2;1-15H;;. The van der Waals surface area contributed by atoms with Crippen LogP contribution in [0.15, 0.2) is 346 Å². The Morgan fingerprint density at radius 2 is 0.455 bits per heavy atom. The molecule has 2 atom stereocenters. The Bertz CT molecular complexity index is 5500. The molecule has 145 heavy (non-hydrogen) atoms. The monoisotopic (exact) mass is 2110 g/mol. The van der Waals surface area contributed by atoms with Gasteiger partial charge in [-0.25, -0.2) is 4.79 Å². The van der Waals surface area contributed by atoms with Crippen LogP contribution in [0.25, 0.3) is 0 Å². The van der Waals surface area contributed by atoms with Gasteiger partial charge >= 0.3 is 43.1 Å². The maximum absolute atomic E-state index is 16.6. The summed E-state index contributed by atoms with van der Waals surface area (Å²) in [4.78, 5) is 25.0. The van der Waals surface area contributed by atoms with Crippen LogP contribution in [-0.2, 0) is 101 Å². The largest absolute Gasteiger partial charge is 0.530 e. The quantitative estimate of drug-likeness (QED) is 0.0246. The average Bonchev–Trinajstić information content (AvgIpc) is 1.63. The molecule has 0 aromatic heterocycles. The number of amides is 2. The second-order valence-corrected chi connectivity index (χ2v) is 35.8. The first kappa shape index (κ1) is 108. The van der Waals surface area contributed by atoms with Gasteiger partial charge in [0.25, 0.3) is 0 Å². The number of nitrogens with zero attached hydrogens (tertiary/aromatic N) is 4. The molecule has 0 saturated heterocycles. The summed E-state index contributed by atoms with van der Waals surface area (Å²) in [5.74, 6) is 8.36. The van der Waals surface area contributed by atoms with Crippen molar-refractivity contribution in [3.05, 3.63) is 397 Å². The smallest absolute Gasteiger partial charge is 0.409 e. The van der Waals surface area contributed by atoms with Crippen molar-refractivity contribution >= 4 is 31.8 Å². The molecule has 4 aliphatic heterocycles. The maximum Gasteiger partial charge on any atom is 0.530 e. The number of ether oxygens (including phenoxy) is 12. The predicted molar refractivity (Wildman–Crippen MR) is 549 cm³/mol. The molecule has 0 fully saturated rings. The molecule has 0 saturated carbocycles. The molecule has 8 bridgehead atoms. The van der Waals surface area contributed by atoms with Crippen LogP contribution in [0.1, 0.15) is 56.8 Å². The molecule has 33 heteroatoms. The first-order chi connectivity index (χ1) is 71.3. The number of urea groups is 1. The van der Waals surface area contributed by atoms with Crippen molar-refractivity contribution in [2.24, 2.45) is 0 Å². The Morgan fingerprint density at radius 3 is 0.690 bits per heavy atom. The van der Waals surface area contributed by atoms with Gasteiger partial charge in [-0.2, -0.15) is 0 Å². The first-order valence-corrected chi connectivity index (χ1v) is 51.4. The Hall–Kier alpha value is -12.3. The van der Waals surface area contributed by atoms with Gasteiger partial charge in [0.2, 0.25) is 0 Å². The molecule has 761 valence electrons. The fourth-order valence-electron chi connectivity index (χ4n) is 15.7. The predicted octanol–water partition coefficient (Wildman–Crippen LogP) is 21.3. The molecule has 4 aliphatic rings. The minimum atomic E-state index is -1.84. The van der Waals surface area contributed by atoms with Crippen molar-refractivity contribution in [1.82, 2.24) is 30.2 Å². The zero-order valence-electron chi connectivity index (χ0n) is 80.6. The molecule has 4 heterocycles. The van der Waals surface area contributed by atoms with E-state index in [9.17, 15) is 0 Å². The number of hydrogen-bond acceptors (Lipinski definition) is 26. The minimum absolute atomic E-state index is 0. The summed E-state index contributed by atoms with van der Waals surface area (Å²) >= 11 is 0. The Balaban J connectivity index is 0.000000582. The van der Waals surface area contributed by atoms with Gasteiger partial charge in [-0.1, -0.05) is 212 Å². The second kappa shape index (κ2) is 61.9. The first-order valence-electron chi connectivity index (χ1n) is 48.1. The molecule has 0 aliphatic carbocycles. The van der Waals surface area contributed by atoms with Crippen LogP contribution in [-0.4, -0.2) is 184 Å². The third-order valence-corrected chi connectivity index (χ3v) is 26.0. The van der Waals surface area contributed by atoms with E-state index in [1.165, 1.54) is 0 Å². The van der Waals surface area contributed by atoms with E-state index in [4.69, 9.17) is 102 Å². The van der Waals surface area contributed by atoms with Crippen LogP contribution >= 0.6 is 25.8 Å². The Kier molecular flexibility index (Phi) is 46.3. The third-order valence-electron chi connectivity index (χ3n) is 22.8. The molecule has 13 aromatic rings. The van der Waals surface area contributed by atoms with Crippen molar-refractivity contribution in [2.45, 2.75) is 51.6 Å². The molecule has 29 nitrogen and oxygen atoms in total. The Labute approximate surface area is 864 Å². The molecule has 0 spiro atoms. The van der Waals surface area contributed by atoms with E-state index in [0.717, 1.165) is 44.5 Å². The second-order valence-electron chi connectivity index (χ2n) is 32.8. The molecular formula is C112H121N6O23P3Rh. The minimum Gasteiger partial charge on any atom is -0.409 e. The number of hydrogen-bond donors (Lipinski definition) is 2. The van der Waals surface area contributed by atoms with E-state index < -0.39 is 38.1 Å². The topological polar surface area (TPSA) is 268 Å². The summed E-state index contributed by atoms with van der Waals surface area (Å²) in [7, 11) is -5.26. The number of benzene rings is 13. The average molecular weight is 2120 g/mol. The summed E-state index contributed by atoms with van der Waals surface area (Å²) in [5, 5.41) is 7.66.